The number of fused-ring (bicyclic) bond motifs is 1. The van der Waals surface area contributed by atoms with Gasteiger partial charge in [-0.1, -0.05) is 36.4 Å². The summed E-state index contributed by atoms with van der Waals surface area (Å²) in [4.78, 5) is 13.8. The quantitative estimate of drug-likeness (QED) is 0.437. The molecule has 0 aliphatic carbocycles. The Morgan fingerprint density at radius 2 is 1.95 bits per heavy atom. The summed E-state index contributed by atoms with van der Waals surface area (Å²) in [6.45, 7) is 3.91. The fourth-order valence-electron chi connectivity index (χ4n) is 2.60. The number of benzene rings is 2. The number of nitro groups is 1. The third-order valence-electron chi connectivity index (χ3n) is 3.64. The summed E-state index contributed by atoms with van der Waals surface area (Å²) < 4.78 is 0. The molecule has 1 atom stereocenters. The molecule has 0 aliphatic heterocycles. The molecule has 1 N–H and O–H groups in total. The van der Waals surface area contributed by atoms with Gasteiger partial charge in [0.25, 0.3) is 5.69 Å². The van der Waals surface area contributed by atoms with Gasteiger partial charge in [0.15, 0.2) is 0 Å². The summed E-state index contributed by atoms with van der Waals surface area (Å²) in [5, 5.41) is 11.8. The van der Waals surface area contributed by atoms with Crippen LogP contribution in [-0.4, -0.2) is 9.91 Å². The van der Waals surface area contributed by atoms with E-state index in [1.54, 1.807) is 12.1 Å². The van der Waals surface area contributed by atoms with E-state index in [1.165, 1.54) is 6.07 Å². The molecule has 21 heavy (non-hydrogen) atoms. The van der Waals surface area contributed by atoms with Crippen molar-refractivity contribution < 1.29 is 4.92 Å². The minimum Gasteiger partial charge on any atom is -0.361 e. The normalized spacial score (nSPS) is 12.2. The zero-order valence-electron chi connectivity index (χ0n) is 11.3. The predicted molar refractivity (Wildman–Crippen MR) is 83.4 cm³/mol. The highest BCUT2D eigenvalue weighted by atomic mass is 16.6. The van der Waals surface area contributed by atoms with Gasteiger partial charge in [0, 0.05) is 35.2 Å². The van der Waals surface area contributed by atoms with E-state index in [4.69, 9.17) is 0 Å². The van der Waals surface area contributed by atoms with Crippen molar-refractivity contribution in [3.63, 3.8) is 0 Å². The summed E-state index contributed by atoms with van der Waals surface area (Å²) in [7, 11) is 0. The topological polar surface area (TPSA) is 58.9 Å². The van der Waals surface area contributed by atoms with Crippen molar-refractivity contribution in [2.45, 2.75) is 5.92 Å². The number of non-ortho nitro benzene ring substituents is 1. The second-order valence-corrected chi connectivity index (χ2v) is 4.86. The number of nitrogens with zero attached hydrogens (tertiary/aromatic N) is 1. The lowest BCUT2D eigenvalue weighted by molar-refractivity contribution is -0.384. The van der Waals surface area contributed by atoms with Crippen LogP contribution in [0.5, 0.6) is 0 Å². The molecule has 0 bridgehead atoms. The highest BCUT2D eigenvalue weighted by Crippen LogP contribution is 2.33. The molecule has 4 nitrogen and oxygen atoms in total. The Balaban J connectivity index is 2.16. The molecule has 0 saturated carbocycles. The van der Waals surface area contributed by atoms with Crippen LogP contribution in [0.15, 0.2) is 67.4 Å². The van der Waals surface area contributed by atoms with Gasteiger partial charge in [-0.3, -0.25) is 10.1 Å². The summed E-state index contributed by atoms with van der Waals surface area (Å²) >= 11 is 0. The van der Waals surface area contributed by atoms with Crippen molar-refractivity contribution in [1.29, 1.82) is 0 Å². The van der Waals surface area contributed by atoms with Gasteiger partial charge in [0.1, 0.15) is 0 Å². The molecule has 1 unspecified atom stereocenters. The van der Waals surface area contributed by atoms with E-state index in [0.29, 0.717) is 0 Å². The van der Waals surface area contributed by atoms with Gasteiger partial charge in [0.2, 0.25) is 0 Å². The van der Waals surface area contributed by atoms with Gasteiger partial charge >= 0.3 is 0 Å². The molecule has 2 aromatic carbocycles. The maximum absolute atomic E-state index is 11.0. The van der Waals surface area contributed by atoms with E-state index in [2.05, 4.69) is 11.6 Å². The first-order chi connectivity index (χ1) is 10.2. The van der Waals surface area contributed by atoms with E-state index >= 15 is 0 Å². The highest BCUT2D eigenvalue weighted by molar-refractivity contribution is 5.86. The number of nitrogens with one attached hydrogen (secondary N) is 1. The van der Waals surface area contributed by atoms with Crippen LogP contribution >= 0.6 is 0 Å². The standard InChI is InChI=1S/C17H14N2O2/c1-2-14(12-6-4-3-5-7-12)16-11-18-17-9-8-13(19(20)21)10-15(16)17/h2-11,14,18H,1H2. The van der Waals surface area contributed by atoms with Crippen LogP contribution in [0.25, 0.3) is 10.9 Å². The first-order valence-corrected chi connectivity index (χ1v) is 6.63. The molecule has 4 heteroatoms. The molecule has 0 fully saturated rings. The Kier molecular flexibility index (Phi) is 3.28. The molecule has 0 spiro atoms. The Morgan fingerprint density at radius 3 is 2.62 bits per heavy atom. The first-order valence-electron chi connectivity index (χ1n) is 6.63. The van der Waals surface area contributed by atoms with Gasteiger partial charge in [-0.05, 0) is 17.2 Å². The van der Waals surface area contributed by atoms with Crippen molar-refractivity contribution in [3.05, 3.63) is 88.6 Å². The number of aromatic nitrogens is 1. The minimum atomic E-state index is -0.373. The maximum atomic E-state index is 11.0. The van der Waals surface area contributed by atoms with Crippen LogP contribution in [0.2, 0.25) is 0 Å². The zero-order chi connectivity index (χ0) is 14.8. The lowest BCUT2D eigenvalue weighted by Crippen LogP contribution is -1.96. The molecule has 1 heterocycles. The summed E-state index contributed by atoms with van der Waals surface area (Å²) in [6, 6.07) is 14.8. The molecule has 1 aromatic heterocycles. The Bertz CT molecular complexity index is 806. The number of rotatable bonds is 4. The molecule has 0 saturated heterocycles. The van der Waals surface area contributed by atoms with E-state index in [-0.39, 0.29) is 16.5 Å². The van der Waals surface area contributed by atoms with E-state index in [1.807, 2.05) is 42.6 Å². The molecule has 3 rings (SSSR count). The summed E-state index contributed by atoms with van der Waals surface area (Å²) in [6.07, 6.45) is 3.75. The maximum Gasteiger partial charge on any atom is 0.270 e. The third-order valence-corrected chi connectivity index (χ3v) is 3.64. The lowest BCUT2D eigenvalue weighted by Gasteiger charge is -2.12. The SMILES string of the molecule is C=CC(c1ccccc1)c1c[nH]c2ccc([N+](=O)[O-])cc12. The molecule has 0 amide bonds. The first kappa shape index (κ1) is 13.1. The second kappa shape index (κ2) is 5.25. The van der Waals surface area contributed by atoms with Crippen LogP contribution in [0, 0.1) is 10.1 Å². The van der Waals surface area contributed by atoms with Crippen LogP contribution < -0.4 is 0 Å². The lowest BCUT2D eigenvalue weighted by atomic mass is 9.91. The van der Waals surface area contributed by atoms with Crippen LogP contribution in [-0.2, 0) is 0 Å². The number of hydrogen-bond acceptors (Lipinski definition) is 2. The average Bonchev–Trinajstić information content (AvgIpc) is 2.92. The Hall–Kier alpha value is -2.88. The fraction of sp³-hybridized carbons (Fsp3) is 0.0588. The number of aromatic amines is 1. The Morgan fingerprint density at radius 1 is 1.19 bits per heavy atom. The molecular formula is C17H14N2O2. The van der Waals surface area contributed by atoms with Crippen LogP contribution in [0.3, 0.4) is 0 Å². The molecule has 3 aromatic rings. The molecule has 104 valence electrons. The third kappa shape index (κ3) is 2.31. The minimum absolute atomic E-state index is 0.00181. The second-order valence-electron chi connectivity index (χ2n) is 4.86. The van der Waals surface area contributed by atoms with Crippen molar-refractivity contribution >= 4 is 16.6 Å². The summed E-state index contributed by atoms with van der Waals surface area (Å²) in [5.74, 6) is 0.00181. The largest absolute Gasteiger partial charge is 0.361 e. The van der Waals surface area contributed by atoms with Crippen molar-refractivity contribution in [3.8, 4) is 0 Å². The van der Waals surface area contributed by atoms with Crippen LogP contribution in [0.4, 0.5) is 5.69 Å². The highest BCUT2D eigenvalue weighted by Gasteiger charge is 2.17. The Labute approximate surface area is 121 Å². The van der Waals surface area contributed by atoms with E-state index < -0.39 is 0 Å². The zero-order valence-corrected chi connectivity index (χ0v) is 11.3. The van der Waals surface area contributed by atoms with Crippen molar-refractivity contribution in [1.82, 2.24) is 4.98 Å². The number of allylic oxidation sites excluding steroid dienone is 1. The van der Waals surface area contributed by atoms with E-state index in [9.17, 15) is 10.1 Å². The van der Waals surface area contributed by atoms with Crippen LogP contribution in [0.1, 0.15) is 17.0 Å². The van der Waals surface area contributed by atoms with Crippen molar-refractivity contribution in [2.24, 2.45) is 0 Å². The monoisotopic (exact) mass is 278 g/mol. The van der Waals surface area contributed by atoms with Crippen molar-refractivity contribution in [2.75, 3.05) is 0 Å². The van der Waals surface area contributed by atoms with Gasteiger partial charge in [-0.25, -0.2) is 0 Å². The number of H-pyrrole nitrogens is 1. The average molecular weight is 278 g/mol. The number of nitro benzene ring substituents is 1. The molecule has 0 radical (unpaired) electrons. The molecule has 0 aliphatic rings. The smallest absolute Gasteiger partial charge is 0.270 e. The predicted octanol–water partition coefficient (Wildman–Crippen LogP) is 4.39. The van der Waals surface area contributed by atoms with Gasteiger partial charge < -0.3 is 4.98 Å². The van der Waals surface area contributed by atoms with Gasteiger partial charge in [-0.2, -0.15) is 0 Å². The summed E-state index contributed by atoms with van der Waals surface area (Å²) in [5.41, 5.74) is 3.09. The fourth-order valence-corrected chi connectivity index (χ4v) is 2.60. The molecular weight excluding hydrogens is 264 g/mol. The van der Waals surface area contributed by atoms with Gasteiger partial charge in [0.05, 0.1) is 4.92 Å². The number of hydrogen-bond donors (Lipinski definition) is 1. The van der Waals surface area contributed by atoms with Gasteiger partial charge in [-0.15, -0.1) is 6.58 Å². The van der Waals surface area contributed by atoms with E-state index in [0.717, 1.165) is 22.0 Å².